The summed E-state index contributed by atoms with van der Waals surface area (Å²) in [6.45, 7) is 16.8. The van der Waals surface area contributed by atoms with Crippen LogP contribution in [0.15, 0.2) is 172 Å². The highest BCUT2D eigenvalue weighted by Crippen LogP contribution is 2.35. The monoisotopic (exact) mass is 1580 g/mol. The SMILES string of the molecule is C=CC(=O)OCCCCCCCOc1ccc(C(=O)Oc2cc(CCCCCCCCCc3cc(OC(=O)c4ccc(OCCCCCCCOC(=O)C=C)cc4)cc(C(N)=O)c3OC(=O)c3ccc(OCCCCCCCOC(=O)C=C)cc3)c(OC(=O)c3ccc(OCCCCCCCOC(=O)C=C)cc3)c(C(N)=O)c2)cc1. The summed E-state index contributed by atoms with van der Waals surface area (Å²) in [5.74, 6) is -4.55. The fourth-order valence-electron chi connectivity index (χ4n) is 11.9. The van der Waals surface area contributed by atoms with E-state index in [1.165, 1.54) is 12.1 Å². The van der Waals surface area contributed by atoms with Crippen molar-refractivity contribution in [1.82, 2.24) is 0 Å². The van der Waals surface area contributed by atoms with Crippen LogP contribution in [0.25, 0.3) is 0 Å². The van der Waals surface area contributed by atoms with Crippen molar-refractivity contribution < 1.29 is 105 Å². The molecule has 0 saturated heterocycles. The number of benzene rings is 6. The lowest BCUT2D eigenvalue weighted by Crippen LogP contribution is -2.18. The Kier molecular flexibility index (Phi) is 43.2. The number of esters is 8. The maximum atomic E-state index is 14.0. The Morgan fingerprint density at radius 1 is 0.252 bits per heavy atom. The molecule has 0 atom stereocenters. The van der Waals surface area contributed by atoms with Gasteiger partial charge in [0.2, 0.25) is 0 Å². The van der Waals surface area contributed by atoms with Gasteiger partial charge in [0, 0.05) is 24.3 Å². The summed E-state index contributed by atoms with van der Waals surface area (Å²) >= 11 is 0. The molecule has 0 unspecified atom stereocenters. The second-order valence-corrected chi connectivity index (χ2v) is 27.2. The second kappa shape index (κ2) is 54.0. The number of carbonyl (C=O) groups is 10. The van der Waals surface area contributed by atoms with Crippen LogP contribution in [0.2, 0.25) is 0 Å². The molecule has 24 nitrogen and oxygen atoms in total. The first kappa shape index (κ1) is 92.1. The predicted molar refractivity (Wildman–Crippen MR) is 434 cm³/mol. The summed E-state index contributed by atoms with van der Waals surface area (Å²) < 4.78 is 67.7. The summed E-state index contributed by atoms with van der Waals surface area (Å²) in [4.78, 5) is 127. The van der Waals surface area contributed by atoms with E-state index in [9.17, 15) is 47.9 Å². The summed E-state index contributed by atoms with van der Waals surface area (Å²) in [5, 5.41) is 0. The lowest BCUT2D eigenvalue weighted by atomic mass is 9.99. The van der Waals surface area contributed by atoms with Gasteiger partial charge in [-0.1, -0.05) is 135 Å². The number of aryl methyl sites for hydroxylation is 2. The molecule has 0 saturated carbocycles. The Hall–Kier alpha value is -11.8. The molecule has 616 valence electrons. The maximum Gasteiger partial charge on any atom is 0.343 e. The molecule has 0 fully saturated rings. The average molecular weight is 1580 g/mol. The van der Waals surface area contributed by atoms with Crippen LogP contribution in [0.1, 0.15) is 247 Å². The van der Waals surface area contributed by atoms with E-state index in [1.807, 2.05) is 0 Å². The van der Waals surface area contributed by atoms with Gasteiger partial charge in [0.15, 0.2) is 0 Å². The Bertz CT molecular complexity index is 3850. The van der Waals surface area contributed by atoms with Crippen LogP contribution in [-0.4, -0.2) is 112 Å². The highest BCUT2D eigenvalue weighted by Gasteiger charge is 2.25. The van der Waals surface area contributed by atoms with Crippen molar-refractivity contribution in [3.05, 3.63) is 216 Å². The van der Waals surface area contributed by atoms with Crippen molar-refractivity contribution in [2.75, 3.05) is 52.9 Å². The van der Waals surface area contributed by atoms with Crippen molar-refractivity contribution in [2.24, 2.45) is 11.5 Å². The molecule has 0 heterocycles. The van der Waals surface area contributed by atoms with Gasteiger partial charge >= 0.3 is 47.8 Å². The van der Waals surface area contributed by atoms with Gasteiger partial charge < -0.3 is 68.3 Å². The molecule has 0 aliphatic carbocycles. The number of carbonyl (C=O) groups excluding carboxylic acids is 10. The van der Waals surface area contributed by atoms with E-state index in [4.69, 9.17) is 68.3 Å². The standard InChI is InChI=1S/C91H110N2O22/c1-5-80(94)108-58-32-22-12-18-28-54-104-72-46-38-66(39-47-72)88(100)112-76-62-70(84(78(64-76)86(92)98)114-90(102)68-42-50-74(51-43-68)106-56-30-20-14-24-34-60-110-82(96)7-3)36-26-16-10-9-11-17-27-37-71-63-77(113-89(101)67-40-48-73(49-41-67)105-55-29-19-13-23-33-59-109-81(95)6-2)65-79(87(93)99)85(71)115-91(103)69-44-52-75(53-45-69)107-57-31-21-15-25-35-61-111-83(97)8-4/h5-8,38-53,62-65H,1-4,9-37,54-61H2,(H2,92,98)(H2,93,99). The van der Waals surface area contributed by atoms with Crippen molar-refractivity contribution >= 4 is 59.6 Å². The molecule has 0 aliphatic heterocycles. The molecule has 6 aromatic rings. The molecular weight excluding hydrogens is 1470 g/mol. The zero-order chi connectivity index (χ0) is 82.6. The third kappa shape index (κ3) is 36.3. The van der Waals surface area contributed by atoms with Gasteiger partial charge in [-0.05, 0) is 210 Å². The summed E-state index contributed by atoms with van der Waals surface area (Å²) in [6.07, 6.45) is 27.1. The van der Waals surface area contributed by atoms with Gasteiger partial charge in [0.1, 0.15) is 46.0 Å². The molecular formula is C91H110N2O22. The Labute approximate surface area is 674 Å². The van der Waals surface area contributed by atoms with Gasteiger partial charge in [0.25, 0.3) is 11.8 Å². The molecule has 0 aromatic heterocycles. The van der Waals surface area contributed by atoms with Crippen LogP contribution in [0.4, 0.5) is 0 Å². The number of hydrogen-bond acceptors (Lipinski definition) is 22. The number of primary amides is 2. The van der Waals surface area contributed by atoms with E-state index in [0.717, 1.165) is 172 Å². The van der Waals surface area contributed by atoms with E-state index in [0.29, 0.717) is 113 Å². The minimum absolute atomic E-state index is 0.00149. The van der Waals surface area contributed by atoms with E-state index >= 15 is 0 Å². The molecule has 115 heavy (non-hydrogen) atoms. The highest BCUT2D eigenvalue weighted by molar-refractivity contribution is 6.01. The lowest BCUT2D eigenvalue weighted by molar-refractivity contribution is -0.138. The van der Waals surface area contributed by atoms with Crippen LogP contribution in [0.5, 0.6) is 46.0 Å². The fraction of sp³-hybridized carbons (Fsp3) is 0.407. The van der Waals surface area contributed by atoms with Crippen molar-refractivity contribution in [3.63, 3.8) is 0 Å². The van der Waals surface area contributed by atoms with Gasteiger partial charge in [-0.25, -0.2) is 38.4 Å². The number of ether oxygens (including phenoxy) is 12. The van der Waals surface area contributed by atoms with Crippen LogP contribution in [0, 0.1) is 0 Å². The number of amides is 2. The van der Waals surface area contributed by atoms with E-state index in [-0.39, 0.29) is 69.2 Å². The van der Waals surface area contributed by atoms with Gasteiger partial charge in [0.05, 0.1) is 86.2 Å². The Balaban J connectivity index is 1.09. The first-order valence-electron chi connectivity index (χ1n) is 39.8. The molecule has 0 bridgehead atoms. The van der Waals surface area contributed by atoms with Crippen LogP contribution >= 0.6 is 0 Å². The molecule has 0 aliphatic rings. The number of rotatable bonds is 60. The third-order valence-corrected chi connectivity index (χ3v) is 18.2. The third-order valence-electron chi connectivity index (χ3n) is 18.2. The first-order valence-corrected chi connectivity index (χ1v) is 39.8. The largest absolute Gasteiger partial charge is 0.494 e. The van der Waals surface area contributed by atoms with Crippen molar-refractivity contribution in [2.45, 2.75) is 186 Å². The summed E-state index contributed by atoms with van der Waals surface area (Å²) in [6, 6.07) is 31.4. The van der Waals surface area contributed by atoms with Gasteiger partial charge in [-0.2, -0.15) is 0 Å². The molecule has 0 spiro atoms. The zero-order valence-corrected chi connectivity index (χ0v) is 66.0. The summed E-state index contributed by atoms with van der Waals surface area (Å²) in [7, 11) is 0. The smallest absolute Gasteiger partial charge is 0.343 e. The van der Waals surface area contributed by atoms with Gasteiger partial charge in [-0.15, -0.1) is 0 Å². The highest BCUT2D eigenvalue weighted by atomic mass is 16.6. The minimum atomic E-state index is -0.927. The Morgan fingerprint density at radius 2 is 0.461 bits per heavy atom. The quantitative estimate of drug-likeness (QED) is 0.0118. The van der Waals surface area contributed by atoms with Crippen LogP contribution in [0.3, 0.4) is 0 Å². The topological polar surface area (TPSA) is 333 Å². The molecule has 24 heteroatoms. The maximum absolute atomic E-state index is 14.0. The molecule has 0 radical (unpaired) electrons. The summed E-state index contributed by atoms with van der Waals surface area (Å²) in [5.41, 5.74) is 13.2. The van der Waals surface area contributed by atoms with Crippen molar-refractivity contribution in [3.8, 4) is 46.0 Å². The van der Waals surface area contributed by atoms with Crippen LogP contribution in [-0.2, 0) is 51.0 Å². The number of unbranched alkanes of at least 4 members (excludes halogenated alkanes) is 22. The van der Waals surface area contributed by atoms with Crippen LogP contribution < -0.4 is 49.4 Å². The minimum Gasteiger partial charge on any atom is -0.494 e. The van der Waals surface area contributed by atoms with E-state index in [1.54, 1.807) is 109 Å². The normalized spacial score (nSPS) is 10.7. The number of hydrogen-bond donors (Lipinski definition) is 2. The number of nitrogens with two attached hydrogens (primary N) is 2. The Morgan fingerprint density at radius 3 is 0.687 bits per heavy atom. The van der Waals surface area contributed by atoms with Crippen molar-refractivity contribution in [1.29, 1.82) is 0 Å². The predicted octanol–water partition coefficient (Wildman–Crippen LogP) is 17.5. The fourth-order valence-corrected chi connectivity index (χ4v) is 11.9. The van der Waals surface area contributed by atoms with Gasteiger partial charge in [-0.3, -0.25) is 9.59 Å². The van der Waals surface area contributed by atoms with E-state index < -0.39 is 59.6 Å². The molecule has 2 amide bonds. The van der Waals surface area contributed by atoms with E-state index in [2.05, 4.69) is 26.3 Å². The lowest BCUT2D eigenvalue weighted by Gasteiger charge is -2.16. The second-order valence-electron chi connectivity index (χ2n) is 27.2. The average Bonchev–Trinajstić information content (AvgIpc) is 0.805. The molecule has 6 rings (SSSR count). The zero-order valence-electron chi connectivity index (χ0n) is 66.0. The molecule has 4 N–H and O–H groups in total. The first-order chi connectivity index (χ1) is 55.9. The molecule has 6 aromatic carbocycles.